The Labute approximate surface area is 185 Å². The topological polar surface area (TPSA) is 108 Å². The number of carbonyl (C=O) groups excluding carboxylic acids is 3. The zero-order valence-corrected chi connectivity index (χ0v) is 18.0. The summed E-state index contributed by atoms with van der Waals surface area (Å²) in [7, 11) is 0. The molecule has 0 saturated heterocycles. The minimum absolute atomic E-state index is 0.00121. The van der Waals surface area contributed by atoms with Crippen LogP contribution in [0.25, 0.3) is 0 Å². The van der Waals surface area contributed by atoms with Crippen molar-refractivity contribution < 1.29 is 18.8 Å². The Morgan fingerprint density at radius 2 is 1.84 bits per heavy atom. The third-order valence-electron chi connectivity index (χ3n) is 5.19. The number of nitrogens with one attached hydrogen (secondary N) is 1. The summed E-state index contributed by atoms with van der Waals surface area (Å²) < 4.78 is 13.3. The molecule has 0 aromatic heterocycles. The smallest absolute Gasteiger partial charge is 0.270 e. The molecule has 0 radical (unpaired) electrons. The van der Waals surface area contributed by atoms with Gasteiger partial charge in [-0.2, -0.15) is 5.10 Å². The summed E-state index contributed by atoms with van der Waals surface area (Å²) in [5.41, 5.74) is 6.71. The number of hydrogen-bond donors (Lipinski definition) is 2. The number of anilines is 2. The van der Waals surface area contributed by atoms with Gasteiger partial charge in [0.15, 0.2) is 0 Å². The Balaban J connectivity index is 1.82. The molecule has 1 heterocycles. The minimum atomic E-state index is -0.878. The number of hydrazone groups is 1. The van der Waals surface area contributed by atoms with Gasteiger partial charge in [-0.15, -0.1) is 0 Å². The molecule has 3 amide bonds. The molecule has 9 heteroatoms. The fraction of sp³-hybridized carbons (Fsp3) is 0.304. The van der Waals surface area contributed by atoms with Gasteiger partial charge in [-0.05, 0) is 49.7 Å². The van der Waals surface area contributed by atoms with Gasteiger partial charge >= 0.3 is 0 Å². The summed E-state index contributed by atoms with van der Waals surface area (Å²) in [6, 6.07) is 12.7. The van der Waals surface area contributed by atoms with Crippen molar-refractivity contribution in [3.05, 3.63) is 60.4 Å². The fourth-order valence-corrected chi connectivity index (χ4v) is 3.48. The molecule has 168 valence electrons. The van der Waals surface area contributed by atoms with Crippen LogP contribution in [0, 0.1) is 5.82 Å². The number of nitrogens with two attached hydrogens (primary N) is 1. The monoisotopic (exact) mass is 439 g/mol. The molecule has 0 saturated carbocycles. The van der Waals surface area contributed by atoms with Crippen molar-refractivity contribution in [2.75, 3.05) is 16.9 Å². The summed E-state index contributed by atoms with van der Waals surface area (Å²) in [6.07, 6.45) is 0.627. The Hall–Kier alpha value is -3.75. The molecule has 2 aromatic rings. The van der Waals surface area contributed by atoms with Gasteiger partial charge in [0, 0.05) is 18.7 Å². The normalized spacial score (nSPS) is 16.3. The molecular formula is C23H26FN5O3. The Kier molecular flexibility index (Phi) is 7.19. The highest BCUT2D eigenvalue weighted by Crippen LogP contribution is 2.26. The second kappa shape index (κ2) is 10.0. The maximum Gasteiger partial charge on any atom is 0.270 e. The van der Waals surface area contributed by atoms with E-state index < -0.39 is 29.7 Å². The molecule has 0 aliphatic carbocycles. The van der Waals surface area contributed by atoms with Crippen molar-refractivity contribution in [1.82, 2.24) is 4.90 Å². The first-order chi connectivity index (χ1) is 15.3. The first kappa shape index (κ1) is 22.9. The van der Waals surface area contributed by atoms with Gasteiger partial charge in [0.25, 0.3) is 5.91 Å². The summed E-state index contributed by atoms with van der Waals surface area (Å²) >= 11 is 0. The predicted molar refractivity (Wildman–Crippen MR) is 120 cm³/mol. The molecule has 0 fully saturated rings. The molecule has 1 aliphatic rings. The van der Waals surface area contributed by atoms with Gasteiger partial charge in [-0.25, -0.2) is 4.39 Å². The zero-order chi connectivity index (χ0) is 23.3. The first-order valence-corrected chi connectivity index (χ1v) is 10.4. The van der Waals surface area contributed by atoms with Crippen LogP contribution in [0.15, 0.2) is 59.7 Å². The molecule has 3 N–H and O–H groups in total. The van der Waals surface area contributed by atoms with Gasteiger partial charge in [0.2, 0.25) is 11.8 Å². The van der Waals surface area contributed by atoms with E-state index in [0.717, 1.165) is 0 Å². The van der Waals surface area contributed by atoms with Crippen molar-refractivity contribution in [2.45, 2.75) is 38.8 Å². The first-order valence-electron chi connectivity index (χ1n) is 10.4. The highest BCUT2D eigenvalue weighted by Gasteiger charge is 2.38. The molecule has 8 nitrogen and oxygen atoms in total. The van der Waals surface area contributed by atoms with E-state index in [0.29, 0.717) is 24.3 Å². The molecule has 1 aliphatic heterocycles. The summed E-state index contributed by atoms with van der Waals surface area (Å²) in [6.45, 7) is 3.87. The van der Waals surface area contributed by atoms with Crippen molar-refractivity contribution in [3.63, 3.8) is 0 Å². The zero-order valence-electron chi connectivity index (χ0n) is 18.0. The van der Waals surface area contributed by atoms with Gasteiger partial charge in [0.05, 0.1) is 5.69 Å². The molecule has 0 bridgehead atoms. The third kappa shape index (κ3) is 5.11. The van der Waals surface area contributed by atoms with Crippen LogP contribution >= 0.6 is 0 Å². The van der Waals surface area contributed by atoms with Gasteiger partial charge in [-0.3, -0.25) is 19.4 Å². The highest BCUT2D eigenvalue weighted by molar-refractivity contribution is 6.40. The van der Waals surface area contributed by atoms with Crippen LogP contribution in [-0.2, 0) is 14.4 Å². The number of primary amides is 1. The van der Waals surface area contributed by atoms with Crippen LogP contribution in [0.4, 0.5) is 15.8 Å². The predicted octanol–water partition coefficient (Wildman–Crippen LogP) is 2.51. The van der Waals surface area contributed by atoms with Crippen LogP contribution in [0.3, 0.4) is 0 Å². The number of nitrogens with zero attached hydrogens (tertiary/aromatic N) is 3. The van der Waals surface area contributed by atoms with Crippen molar-refractivity contribution >= 4 is 34.8 Å². The van der Waals surface area contributed by atoms with Crippen LogP contribution in [0.2, 0.25) is 0 Å². The molecule has 2 aromatic carbocycles. The molecule has 2 unspecified atom stereocenters. The minimum Gasteiger partial charge on any atom is -0.368 e. The number of hydrogen-bond acceptors (Lipinski definition) is 5. The van der Waals surface area contributed by atoms with Crippen LogP contribution < -0.4 is 16.1 Å². The molecule has 32 heavy (non-hydrogen) atoms. The van der Waals surface area contributed by atoms with E-state index in [1.165, 1.54) is 34.2 Å². The van der Waals surface area contributed by atoms with E-state index in [1.807, 2.05) is 13.0 Å². The standard InChI is InChI=1S/C23H26FN5O3/c1-3-13-28(15(2)22(31)26-17-7-5-4-6-8-17)23(32)19-14-20(21(25)30)29(27-19)18-11-9-16(24)10-12-18/h4-12,15,20H,3,13-14H2,1-2H3,(H2,25,30)(H,26,31). The van der Waals surface area contributed by atoms with E-state index in [2.05, 4.69) is 10.4 Å². The van der Waals surface area contributed by atoms with Gasteiger partial charge in [-0.1, -0.05) is 25.1 Å². The van der Waals surface area contributed by atoms with E-state index in [4.69, 9.17) is 5.73 Å². The van der Waals surface area contributed by atoms with Gasteiger partial charge < -0.3 is 16.0 Å². The lowest BCUT2D eigenvalue weighted by molar-refractivity contribution is -0.132. The Morgan fingerprint density at radius 1 is 1.19 bits per heavy atom. The number of halogens is 1. The third-order valence-corrected chi connectivity index (χ3v) is 5.19. The Bertz CT molecular complexity index is 1010. The molecule has 3 rings (SSSR count). The fourth-order valence-electron chi connectivity index (χ4n) is 3.48. The molecular weight excluding hydrogens is 413 g/mol. The van der Waals surface area contributed by atoms with E-state index >= 15 is 0 Å². The van der Waals surface area contributed by atoms with E-state index in [-0.39, 0.29) is 18.0 Å². The molecule has 2 atom stereocenters. The average molecular weight is 439 g/mol. The molecule has 0 spiro atoms. The maximum atomic E-state index is 13.3. The van der Waals surface area contributed by atoms with Gasteiger partial charge in [0.1, 0.15) is 23.6 Å². The number of benzene rings is 2. The second-order valence-electron chi connectivity index (χ2n) is 7.52. The van der Waals surface area contributed by atoms with E-state index in [9.17, 15) is 18.8 Å². The van der Waals surface area contributed by atoms with Crippen LogP contribution in [-0.4, -0.2) is 47.0 Å². The SMILES string of the molecule is CCCN(C(=O)C1=NN(c2ccc(F)cc2)C(C(N)=O)C1)C(C)C(=O)Nc1ccccc1. The second-order valence-corrected chi connectivity index (χ2v) is 7.52. The highest BCUT2D eigenvalue weighted by atomic mass is 19.1. The van der Waals surface area contributed by atoms with Crippen molar-refractivity contribution in [3.8, 4) is 0 Å². The summed E-state index contributed by atoms with van der Waals surface area (Å²) in [5, 5.41) is 8.45. The average Bonchev–Trinajstić information content (AvgIpc) is 3.23. The lowest BCUT2D eigenvalue weighted by atomic mass is 10.1. The number of carbonyl (C=O) groups is 3. The largest absolute Gasteiger partial charge is 0.368 e. The lowest BCUT2D eigenvalue weighted by Gasteiger charge is -2.28. The summed E-state index contributed by atoms with van der Waals surface area (Å²) in [4.78, 5) is 39.5. The van der Waals surface area contributed by atoms with Crippen molar-refractivity contribution in [2.24, 2.45) is 10.8 Å². The van der Waals surface area contributed by atoms with Crippen LogP contribution in [0.5, 0.6) is 0 Å². The summed E-state index contributed by atoms with van der Waals surface area (Å²) in [5.74, 6) is -1.87. The van der Waals surface area contributed by atoms with Crippen LogP contribution in [0.1, 0.15) is 26.7 Å². The number of rotatable bonds is 8. The Morgan fingerprint density at radius 3 is 2.44 bits per heavy atom. The quantitative estimate of drug-likeness (QED) is 0.659. The maximum absolute atomic E-state index is 13.3. The van der Waals surface area contributed by atoms with Crippen molar-refractivity contribution in [1.29, 1.82) is 0 Å². The number of amides is 3. The number of para-hydroxylation sites is 1. The van der Waals surface area contributed by atoms with E-state index in [1.54, 1.807) is 31.2 Å². The lowest BCUT2D eigenvalue weighted by Crippen LogP contribution is -2.48.